The van der Waals surface area contributed by atoms with Crippen molar-refractivity contribution in [1.82, 2.24) is 9.97 Å². The molecule has 0 atom stereocenters. The number of benzene rings is 1. The zero-order chi connectivity index (χ0) is 13.9. The lowest BCUT2D eigenvalue weighted by molar-refractivity contribution is 1.00. The van der Waals surface area contributed by atoms with Crippen LogP contribution >= 0.6 is 0 Å². The number of aromatic amines is 1. The van der Waals surface area contributed by atoms with E-state index in [9.17, 15) is 4.79 Å². The van der Waals surface area contributed by atoms with Crippen LogP contribution in [0.2, 0.25) is 0 Å². The summed E-state index contributed by atoms with van der Waals surface area (Å²) in [6, 6.07) is 15.4. The predicted molar refractivity (Wildman–Crippen MR) is 80.9 cm³/mol. The molecule has 0 saturated carbocycles. The van der Waals surface area contributed by atoms with Crippen molar-refractivity contribution in [2.45, 2.75) is 13.5 Å². The maximum Gasteiger partial charge on any atom is 0.257 e. The number of aryl methyl sites for hydroxylation is 1. The maximum absolute atomic E-state index is 12.0. The van der Waals surface area contributed by atoms with Crippen LogP contribution in [0.5, 0.6) is 0 Å². The van der Waals surface area contributed by atoms with E-state index in [4.69, 9.17) is 0 Å². The van der Waals surface area contributed by atoms with E-state index in [2.05, 4.69) is 15.3 Å². The summed E-state index contributed by atoms with van der Waals surface area (Å²) in [5.74, 6) is 0.706. The molecule has 0 bridgehead atoms. The molecule has 4 heteroatoms. The second kappa shape index (κ2) is 5.17. The molecule has 0 spiro atoms. The van der Waals surface area contributed by atoms with Crippen LogP contribution in [-0.2, 0) is 6.54 Å². The van der Waals surface area contributed by atoms with Crippen molar-refractivity contribution >= 4 is 16.6 Å². The van der Waals surface area contributed by atoms with E-state index in [0.717, 1.165) is 16.8 Å². The van der Waals surface area contributed by atoms with Crippen LogP contribution < -0.4 is 10.9 Å². The van der Waals surface area contributed by atoms with E-state index in [-0.39, 0.29) is 5.56 Å². The van der Waals surface area contributed by atoms with Crippen molar-refractivity contribution < 1.29 is 0 Å². The number of hydrogen-bond donors (Lipinski definition) is 2. The average Bonchev–Trinajstić information content (AvgIpc) is 2.45. The van der Waals surface area contributed by atoms with Gasteiger partial charge < -0.3 is 10.3 Å². The fourth-order valence-electron chi connectivity index (χ4n) is 2.19. The van der Waals surface area contributed by atoms with E-state index in [1.165, 1.54) is 0 Å². The van der Waals surface area contributed by atoms with Gasteiger partial charge in [0.05, 0.1) is 12.2 Å². The van der Waals surface area contributed by atoms with Crippen LogP contribution in [0, 0.1) is 6.92 Å². The van der Waals surface area contributed by atoms with E-state index in [1.54, 1.807) is 0 Å². The molecule has 0 aliphatic rings. The van der Waals surface area contributed by atoms with Gasteiger partial charge in [-0.25, -0.2) is 0 Å². The molecule has 2 N–H and O–H groups in total. The van der Waals surface area contributed by atoms with Crippen molar-refractivity contribution in [3.63, 3.8) is 0 Å². The first kappa shape index (κ1) is 12.4. The van der Waals surface area contributed by atoms with E-state index < -0.39 is 0 Å². The standard InChI is InChI=1S/C16H15N3O/c1-11-5-4-7-13(18-11)10-17-15-9-12-6-2-3-8-14(12)16(20)19-15/h2-9H,10H2,1H3,(H2,17,19,20). The van der Waals surface area contributed by atoms with Crippen LogP contribution in [0.15, 0.2) is 53.3 Å². The lowest BCUT2D eigenvalue weighted by Crippen LogP contribution is -2.11. The van der Waals surface area contributed by atoms with Gasteiger partial charge in [-0.15, -0.1) is 0 Å². The van der Waals surface area contributed by atoms with Crippen LogP contribution in [-0.4, -0.2) is 9.97 Å². The summed E-state index contributed by atoms with van der Waals surface area (Å²) in [4.78, 5) is 19.2. The molecule has 0 saturated heterocycles. The quantitative estimate of drug-likeness (QED) is 0.765. The predicted octanol–water partition coefficient (Wildman–Crippen LogP) is 2.84. The Morgan fingerprint density at radius 2 is 2.00 bits per heavy atom. The molecule has 20 heavy (non-hydrogen) atoms. The summed E-state index contributed by atoms with van der Waals surface area (Å²) >= 11 is 0. The lowest BCUT2D eigenvalue weighted by atomic mass is 10.2. The Balaban J connectivity index is 1.86. The van der Waals surface area contributed by atoms with Gasteiger partial charge in [-0.1, -0.05) is 24.3 Å². The normalized spacial score (nSPS) is 10.7. The molecular weight excluding hydrogens is 250 g/mol. The van der Waals surface area contributed by atoms with Gasteiger partial charge in [-0.2, -0.15) is 0 Å². The highest BCUT2D eigenvalue weighted by atomic mass is 16.1. The van der Waals surface area contributed by atoms with Gasteiger partial charge >= 0.3 is 0 Å². The minimum Gasteiger partial charge on any atom is -0.366 e. The number of fused-ring (bicyclic) bond motifs is 1. The van der Waals surface area contributed by atoms with Gasteiger partial charge in [-0.05, 0) is 36.6 Å². The zero-order valence-electron chi connectivity index (χ0n) is 11.2. The van der Waals surface area contributed by atoms with Crippen molar-refractivity contribution in [2.24, 2.45) is 0 Å². The summed E-state index contributed by atoms with van der Waals surface area (Å²) in [6.07, 6.45) is 0. The molecule has 100 valence electrons. The molecule has 1 aromatic carbocycles. The number of rotatable bonds is 3. The fraction of sp³-hybridized carbons (Fsp3) is 0.125. The molecule has 0 radical (unpaired) electrons. The van der Waals surface area contributed by atoms with Gasteiger partial charge in [-0.3, -0.25) is 9.78 Å². The molecule has 0 amide bonds. The second-order valence-corrected chi connectivity index (χ2v) is 4.72. The average molecular weight is 265 g/mol. The summed E-state index contributed by atoms with van der Waals surface area (Å²) < 4.78 is 0. The van der Waals surface area contributed by atoms with Crippen LogP contribution in [0.4, 0.5) is 5.82 Å². The van der Waals surface area contributed by atoms with Crippen molar-refractivity contribution in [1.29, 1.82) is 0 Å². The number of aromatic nitrogens is 2. The number of anilines is 1. The Hall–Kier alpha value is -2.62. The molecule has 3 aromatic rings. The van der Waals surface area contributed by atoms with Crippen LogP contribution in [0.1, 0.15) is 11.4 Å². The van der Waals surface area contributed by atoms with E-state index in [1.807, 2.05) is 55.5 Å². The Morgan fingerprint density at radius 3 is 2.85 bits per heavy atom. The SMILES string of the molecule is Cc1cccc(CNc2cc3ccccc3c(=O)[nH]2)n1. The molecule has 0 aliphatic carbocycles. The molecule has 0 aliphatic heterocycles. The van der Waals surface area contributed by atoms with Gasteiger partial charge in [0.1, 0.15) is 5.82 Å². The highest BCUT2D eigenvalue weighted by molar-refractivity contribution is 5.83. The van der Waals surface area contributed by atoms with Gasteiger partial charge in [0, 0.05) is 11.1 Å². The molecule has 2 aromatic heterocycles. The highest BCUT2D eigenvalue weighted by Gasteiger charge is 2.01. The molecule has 0 unspecified atom stereocenters. The third-order valence-electron chi connectivity index (χ3n) is 3.16. The largest absolute Gasteiger partial charge is 0.366 e. The van der Waals surface area contributed by atoms with Crippen LogP contribution in [0.25, 0.3) is 10.8 Å². The summed E-state index contributed by atoms with van der Waals surface area (Å²) in [5.41, 5.74) is 1.85. The Bertz CT molecular complexity index is 808. The van der Waals surface area contributed by atoms with Gasteiger partial charge in [0.25, 0.3) is 5.56 Å². The second-order valence-electron chi connectivity index (χ2n) is 4.72. The number of pyridine rings is 2. The highest BCUT2D eigenvalue weighted by Crippen LogP contribution is 2.13. The van der Waals surface area contributed by atoms with Crippen molar-refractivity contribution in [2.75, 3.05) is 5.32 Å². The topological polar surface area (TPSA) is 57.8 Å². The third-order valence-corrected chi connectivity index (χ3v) is 3.16. The van der Waals surface area contributed by atoms with Crippen molar-refractivity contribution in [3.05, 3.63) is 70.3 Å². The smallest absolute Gasteiger partial charge is 0.257 e. The number of nitrogens with one attached hydrogen (secondary N) is 2. The Kier molecular flexibility index (Phi) is 3.21. The summed E-state index contributed by atoms with van der Waals surface area (Å²) in [7, 11) is 0. The number of hydrogen-bond acceptors (Lipinski definition) is 3. The number of nitrogens with zero attached hydrogens (tertiary/aromatic N) is 1. The molecule has 2 heterocycles. The zero-order valence-corrected chi connectivity index (χ0v) is 11.2. The number of H-pyrrole nitrogens is 1. The fourth-order valence-corrected chi connectivity index (χ4v) is 2.19. The molecular formula is C16H15N3O. The van der Waals surface area contributed by atoms with Crippen LogP contribution in [0.3, 0.4) is 0 Å². The Morgan fingerprint density at radius 1 is 1.15 bits per heavy atom. The van der Waals surface area contributed by atoms with E-state index in [0.29, 0.717) is 17.7 Å². The minimum absolute atomic E-state index is 0.0807. The molecule has 0 fully saturated rings. The van der Waals surface area contributed by atoms with E-state index >= 15 is 0 Å². The van der Waals surface area contributed by atoms with Crippen molar-refractivity contribution in [3.8, 4) is 0 Å². The monoisotopic (exact) mass is 265 g/mol. The van der Waals surface area contributed by atoms with Gasteiger partial charge in [0.2, 0.25) is 0 Å². The Labute approximate surface area is 116 Å². The minimum atomic E-state index is -0.0807. The first-order valence-electron chi connectivity index (χ1n) is 6.51. The summed E-state index contributed by atoms with van der Waals surface area (Å²) in [5, 5.41) is 4.83. The maximum atomic E-state index is 12.0. The first-order chi connectivity index (χ1) is 9.72. The van der Waals surface area contributed by atoms with Gasteiger partial charge in [0.15, 0.2) is 0 Å². The molecule has 4 nitrogen and oxygen atoms in total. The first-order valence-corrected chi connectivity index (χ1v) is 6.51. The summed E-state index contributed by atoms with van der Waals surface area (Å²) in [6.45, 7) is 2.54. The third kappa shape index (κ3) is 2.54. The molecule has 3 rings (SSSR count). The lowest BCUT2D eigenvalue weighted by Gasteiger charge is -2.07.